The molecule has 26 valence electrons. The van der Waals surface area contributed by atoms with Crippen LogP contribution in [0.2, 0.25) is 5.79 Å². The van der Waals surface area contributed by atoms with Gasteiger partial charge in [-0.2, -0.15) is 0 Å². The van der Waals surface area contributed by atoms with Gasteiger partial charge in [0.2, 0.25) is 0 Å². The van der Waals surface area contributed by atoms with Crippen molar-refractivity contribution in [2.45, 2.75) is 5.79 Å². The predicted octanol–water partition coefficient (Wildman–Crippen LogP) is -0.0945. The van der Waals surface area contributed by atoms with Gasteiger partial charge in [-0.15, -0.1) is 0 Å². The Hall–Kier alpha value is 0.292. The third kappa shape index (κ3) is 44.8. The summed E-state index contributed by atoms with van der Waals surface area (Å²) in [5.74, 6) is 1.29. The van der Waals surface area contributed by atoms with Gasteiger partial charge in [0.05, 0.1) is 0 Å². The first-order chi connectivity index (χ1) is 1.73. The van der Waals surface area contributed by atoms with Crippen molar-refractivity contribution < 1.29 is 22.4 Å². The Bertz CT molecular complexity index is 29.0. The van der Waals surface area contributed by atoms with E-state index in [9.17, 15) is 3.80 Å². The second kappa shape index (κ2) is 1.60. The van der Waals surface area contributed by atoms with Gasteiger partial charge in [-0.05, 0) is 0 Å². The van der Waals surface area contributed by atoms with E-state index in [0.717, 1.165) is 0 Å². The standard InChI is InChI=1S/CH3.Cr.H2O.O/h1H3;;1H2;/q;+1;;/p-1. The Morgan fingerprint density at radius 1 is 2.00 bits per heavy atom. The van der Waals surface area contributed by atoms with Crippen LogP contribution in [0.5, 0.6) is 0 Å². The molecule has 0 aromatic heterocycles. The molecule has 0 atom stereocenters. The van der Waals surface area contributed by atoms with Crippen LogP contribution in [0.25, 0.3) is 0 Å². The van der Waals surface area contributed by atoms with Crippen molar-refractivity contribution in [1.29, 1.82) is 0 Å². The van der Waals surface area contributed by atoms with Crippen LogP contribution in [0, 0.1) is 0 Å². The van der Waals surface area contributed by atoms with E-state index in [0.29, 0.717) is 0 Å². The summed E-state index contributed by atoms with van der Waals surface area (Å²) in [5.41, 5.74) is 0. The topological polar surface area (TPSA) is 37.3 Å². The van der Waals surface area contributed by atoms with E-state index < -0.39 is 14.4 Å². The van der Waals surface area contributed by atoms with E-state index in [-0.39, 0.29) is 0 Å². The van der Waals surface area contributed by atoms with Gasteiger partial charge in [0.1, 0.15) is 0 Å². The molecule has 0 saturated heterocycles. The minimum atomic E-state index is -2.29. The van der Waals surface area contributed by atoms with Gasteiger partial charge in [-0.1, -0.05) is 0 Å². The van der Waals surface area contributed by atoms with Gasteiger partial charge in [-0.25, -0.2) is 0 Å². The van der Waals surface area contributed by atoms with Crippen molar-refractivity contribution in [1.82, 2.24) is 0 Å². The molecule has 4 heavy (non-hydrogen) atoms. The normalized spacial score (nSPS) is 8.75. The molecule has 0 fully saturated rings. The quantitative estimate of drug-likeness (QED) is 0.461. The zero-order chi connectivity index (χ0) is 3.58. The van der Waals surface area contributed by atoms with Gasteiger partial charge >= 0.3 is 28.2 Å². The molecule has 0 unspecified atom stereocenters. The molecule has 0 heterocycles. The Kier molecular flexibility index (Phi) is 1.71. The Morgan fingerprint density at radius 3 is 2.00 bits per heavy atom. The molecular formula is CH4CrO2. The van der Waals surface area contributed by atoms with Gasteiger partial charge < -0.3 is 0 Å². The van der Waals surface area contributed by atoms with E-state index >= 15 is 0 Å². The predicted molar refractivity (Wildman–Crippen MR) is 8.77 cm³/mol. The second-order valence-corrected chi connectivity index (χ2v) is 1.75. The minimum absolute atomic E-state index is 1.29. The van der Waals surface area contributed by atoms with Crippen molar-refractivity contribution in [3.05, 3.63) is 0 Å². The average Bonchev–Trinajstić information content (AvgIpc) is 0.811. The van der Waals surface area contributed by atoms with Crippen LogP contribution in [0.4, 0.5) is 0 Å². The Morgan fingerprint density at radius 2 is 2.00 bits per heavy atom. The SMILES string of the molecule is [CH3][Cr](=[O])[OH]. The zero-order valence-electron chi connectivity index (χ0n) is 2.26. The zero-order valence-corrected chi connectivity index (χ0v) is 3.54. The molecule has 2 nitrogen and oxygen atoms in total. The molecule has 1 N–H and O–H groups in total. The summed E-state index contributed by atoms with van der Waals surface area (Å²) in [4.78, 5) is 0. The maximum absolute atomic E-state index is 9.21. The molecule has 0 aliphatic carbocycles. The fourth-order valence-electron chi connectivity index (χ4n) is 0. The van der Waals surface area contributed by atoms with Crippen LogP contribution in [0.15, 0.2) is 0 Å². The monoisotopic (exact) mass is 100.0 g/mol. The summed E-state index contributed by atoms with van der Waals surface area (Å²) >= 11 is -2.29. The van der Waals surface area contributed by atoms with Crippen LogP contribution >= 0.6 is 0 Å². The van der Waals surface area contributed by atoms with E-state index in [2.05, 4.69) is 0 Å². The summed E-state index contributed by atoms with van der Waals surface area (Å²) in [5, 5.41) is 0. The molecule has 0 saturated carbocycles. The maximum atomic E-state index is 9.21. The Balaban J connectivity index is 2.80. The first-order valence-corrected chi connectivity index (χ1v) is 3.12. The van der Waals surface area contributed by atoms with Crippen molar-refractivity contribution in [2.75, 3.05) is 0 Å². The van der Waals surface area contributed by atoms with Crippen LogP contribution in [0.1, 0.15) is 0 Å². The number of hydrogen-bond acceptors (Lipinski definition) is 1. The first-order valence-electron chi connectivity index (χ1n) is 0.757. The molecule has 0 aliphatic rings. The number of rotatable bonds is 0. The summed E-state index contributed by atoms with van der Waals surface area (Å²) < 4.78 is 16.8. The summed E-state index contributed by atoms with van der Waals surface area (Å²) in [6.45, 7) is 0. The van der Waals surface area contributed by atoms with Crippen molar-refractivity contribution in [2.24, 2.45) is 0 Å². The van der Waals surface area contributed by atoms with Crippen LogP contribution in [-0.4, -0.2) is 4.16 Å². The van der Waals surface area contributed by atoms with Crippen molar-refractivity contribution >= 4 is 0 Å². The molecule has 0 aliphatic heterocycles. The summed E-state index contributed by atoms with van der Waals surface area (Å²) in [7, 11) is 0. The molecule has 0 rings (SSSR count). The Labute approximate surface area is 29.0 Å². The van der Waals surface area contributed by atoms with Gasteiger partial charge in [0.25, 0.3) is 0 Å². The third-order valence-electron chi connectivity index (χ3n) is 0. The van der Waals surface area contributed by atoms with E-state index in [1.807, 2.05) is 0 Å². The molecule has 3 heteroatoms. The molecular weight excluding hydrogens is 96.0 g/mol. The van der Waals surface area contributed by atoms with Crippen molar-refractivity contribution in [3.63, 3.8) is 0 Å². The van der Waals surface area contributed by atoms with Crippen LogP contribution in [0.3, 0.4) is 0 Å². The second-order valence-electron chi connectivity index (χ2n) is 0.424. The fourth-order valence-corrected chi connectivity index (χ4v) is 0. The van der Waals surface area contributed by atoms with E-state index in [1.54, 1.807) is 0 Å². The fraction of sp³-hybridized carbons (Fsp3) is 1.00. The molecule has 0 bridgehead atoms. The van der Waals surface area contributed by atoms with Crippen LogP contribution < -0.4 is 0 Å². The molecule has 0 spiro atoms. The third-order valence-corrected chi connectivity index (χ3v) is 0. The molecule has 0 radical (unpaired) electrons. The van der Waals surface area contributed by atoms with Gasteiger partial charge in [0.15, 0.2) is 0 Å². The van der Waals surface area contributed by atoms with Gasteiger partial charge in [0, 0.05) is 0 Å². The summed E-state index contributed by atoms with van der Waals surface area (Å²) in [6, 6.07) is 0. The number of hydrogen-bond donors (Lipinski definition) is 1. The summed E-state index contributed by atoms with van der Waals surface area (Å²) in [6.07, 6.45) is 0. The van der Waals surface area contributed by atoms with E-state index in [1.165, 1.54) is 5.79 Å². The first kappa shape index (κ1) is 4.29. The molecule has 0 amide bonds. The van der Waals surface area contributed by atoms with Crippen LogP contribution in [-0.2, 0) is 18.2 Å². The molecule has 0 aromatic rings. The van der Waals surface area contributed by atoms with Crippen molar-refractivity contribution in [3.8, 4) is 0 Å². The molecule has 0 aromatic carbocycles. The van der Waals surface area contributed by atoms with Gasteiger partial charge in [-0.3, -0.25) is 0 Å². The average molecular weight is 100 g/mol. The van der Waals surface area contributed by atoms with E-state index in [4.69, 9.17) is 4.16 Å².